The predicted octanol–water partition coefficient (Wildman–Crippen LogP) is 6.43. The highest BCUT2D eigenvalue weighted by Crippen LogP contribution is 2.57. The van der Waals surface area contributed by atoms with Gasteiger partial charge in [-0.2, -0.15) is 0 Å². The summed E-state index contributed by atoms with van der Waals surface area (Å²) in [5, 5.41) is 14.2. The van der Waals surface area contributed by atoms with E-state index in [9.17, 15) is 9.90 Å². The van der Waals surface area contributed by atoms with Gasteiger partial charge >= 0.3 is 5.97 Å². The zero-order valence-electron chi connectivity index (χ0n) is 17.4. The SMILES string of the molecule is O=C(O)C1(Nc2cccc(Cl)c2)CCC2(CC1)c1ccccc1C[C@H]2c1ccccc1. The van der Waals surface area contributed by atoms with Crippen LogP contribution < -0.4 is 5.32 Å². The molecule has 1 spiro atoms. The van der Waals surface area contributed by atoms with Crippen molar-refractivity contribution in [3.8, 4) is 0 Å². The number of aliphatic carboxylic acids is 1. The molecule has 4 heteroatoms. The van der Waals surface area contributed by atoms with Crippen LogP contribution in [0.25, 0.3) is 0 Å². The summed E-state index contributed by atoms with van der Waals surface area (Å²) in [4.78, 5) is 12.5. The van der Waals surface area contributed by atoms with Crippen molar-refractivity contribution in [1.82, 2.24) is 0 Å². The molecule has 3 nitrogen and oxygen atoms in total. The maximum absolute atomic E-state index is 12.5. The molecule has 1 saturated carbocycles. The summed E-state index contributed by atoms with van der Waals surface area (Å²) in [6.45, 7) is 0. The summed E-state index contributed by atoms with van der Waals surface area (Å²) >= 11 is 6.14. The van der Waals surface area contributed by atoms with E-state index in [0.717, 1.165) is 24.9 Å². The molecule has 31 heavy (non-hydrogen) atoms. The number of anilines is 1. The Bertz CT molecular complexity index is 1100. The largest absolute Gasteiger partial charge is 0.480 e. The van der Waals surface area contributed by atoms with Crippen LogP contribution in [0.3, 0.4) is 0 Å². The van der Waals surface area contributed by atoms with Crippen molar-refractivity contribution < 1.29 is 9.90 Å². The number of nitrogens with one attached hydrogen (secondary N) is 1. The van der Waals surface area contributed by atoms with Crippen LogP contribution in [0.15, 0.2) is 78.9 Å². The average molecular weight is 432 g/mol. The first kappa shape index (κ1) is 20.1. The van der Waals surface area contributed by atoms with E-state index in [0.29, 0.717) is 23.8 Å². The summed E-state index contributed by atoms with van der Waals surface area (Å²) in [6, 6.07) is 26.8. The van der Waals surface area contributed by atoms with Gasteiger partial charge in [0.2, 0.25) is 0 Å². The fraction of sp³-hybridized carbons (Fsp3) is 0.296. The first-order valence-corrected chi connectivity index (χ1v) is 11.3. The van der Waals surface area contributed by atoms with Crippen LogP contribution in [-0.2, 0) is 16.6 Å². The van der Waals surface area contributed by atoms with Crippen LogP contribution in [0.4, 0.5) is 5.69 Å². The molecule has 0 bridgehead atoms. The number of hydrogen-bond acceptors (Lipinski definition) is 2. The minimum atomic E-state index is -0.977. The Morgan fingerprint density at radius 3 is 2.32 bits per heavy atom. The highest BCUT2D eigenvalue weighted by molar-refractivity contribution is 6.30. The van der Waals surface area contributed by atoms with Gasteiger partial charge in [-0.05, 0) is 72.9 Å². The van der Waals surface area contributed by atoms with E-state index in [1.807, 2.05) is 12.1 Å². The third-order valence-corrected chi connectivity index (χ3v) is 7.70. The maximum atomic E-state index is 12.5. The van der Waals surface area contributed by atoms with Crippen LogP contribution in [0, 0.1) is 0 Å². The van der Waals surface area contributed by atoms with Crippen molar-refractivity contribution in [3.63, 3.8) is 0 Å². The second-order valence-electron chi connectivity index (χ2n) is 9.00. The summed E-state index contributed by atoms with van der Waals surface area (Å²) in [7, 11) is 0. The molecule has 1 atom stereocenters. The molecule has 1 fully saturated rings. The van der Waals surface area contributed by atoms with Crippen LogP contribution in [-0.4, -0.2) is 16.6 Å². The lowest BCUT2D eigenvalue weighted by molar-refractivity contribution is -0.144. The summed E-state index contributed by atoms with van der Waals surface area (Å²) in [6.07, 6.45) is 3.84. The molecule has 3 aromatic carbocycles. The first-order chi connectivity index (χ1) is 15.0. The molecule has 0 unspecified atom stereocenters. The van der Waals surface area contributed by atoms with Gasteiger partial charge in [0, 0.05) is 16.1 Å². The summed E-state index contributed by atoms with van der Waals surface area (Å²) in [5.74, 6) is -0.408. The van der Waals surface area contributed by atoms with Gasteiger partial charge in [-0.25, -0.2) is 4.79 Å². The second-order valence-corrected chi connectivity index (χ2v) is 9.44. The third kappa shape index (κ3) is 3.41. The van der Waals surface area contributed by atoms with Crippen LogP contribution in [0.5, 0.6) is 0 Å². The smallest absolute Gasteiger partial charge is 0.329 e. The standard InChI is InChI=1S/C27H26ClNO2/c28-21-10-6-11-22(18-21)29-27(25(30)31)15-13-26(14-16-27)23-12-5-4-9-20(23)17-24(26)19-7-2-1-3-8-19/h1-12,18,24,29H,13-17H2,(H,30,31)/t24-,26?,27?/m0/s1. The minimum absolute atomic E-state index is 0.0209. The lowest BCUT2D eigenvalue weighted by atomic mass is 9.59. The maximum Gasteiger partial charge on any atom is 0.329 e. The molecule has 158 valence electrons. The number of rotatable bonds is 4. The quantitative estimate of drug-likeness (QED) is 0.500. The van der Waals surface area contributed by atoms with Crippen molar-refractivity contribution in [2.75, 3.05) is 5.32 Å². The van der Waals surface area contributed by atoms with Gasteiger partial charge in [-0.15, -0.1) is 0 Å². The monoisotopic (exact) mass is 431 g/mol. The van der Waals surface area contributed by atoms with E-state index < -0.39 is 11.5 Å². The molecule has 2 aliphatic rings. The Hall–Kier alpha value is -2.78. The van der Waals surface area contributed by atoms with Gasteiger partial charge in [0.15, 0.2) is 0 Å². The molecule has 0 aromatic heterocycles. The van der Waals surface area contributed by atoms with E-state index >= 15 is 0 Å². The number of carbonyl (C=O) groups is 1. The molecule has 0 aliphatic heterocycles. The fourth-order valence-corrected chi connectivity index (χ4v) is 6.08. The van der Waals surface area contributed by atoms with Gasteiger partial charge in [-0.1, -0.05) is 72.3 Å². The molecular weight excluding hydrogens is 406 g/mol. The fourth-order valence-electron chi connectivity index (χ4n) is 5.88. The van der Waals surface area contributed by atoms with E-state index in [4.69, 9.17) is 11.6 Å². The van der Waals surface area contributed by atoms with Crippen molar-refractivity contribution in [2.45, 2.75) is 49.0 Å². The summed E-state index contributed by atoms with van der Waals surface area (Å²) in [5.41, 5.74) is 3.93. The van der Waals surface area contributed by atoms with Gasteiger partial charge in [-0.3, -0.25) is 0 Å². The molecule has 5 rings (SSSR count). The Morgan fingerprint density at radius 2 is 1.61 bits per heavy atom. The van der Waals surface area contributed by atoms with E-state index in [-0.39, 0.29) is 5.41 Å². The lowest BCUT2D eigenvalue weighted by Crippen LogP contribution is -2.52. The molecular formula is C27H26ClNO2. The van der Waals surface area contributed by atoms with Gasteiger partial charge in [0.05, 0.1) is 0 Å². The molecule has 0 amide bonds. The predicted molar refractivity (Wildman–Crippen MR) is 125 cm³/mol. The van der Waals surface area contributed by atoms with Gasteiger partial charge < -0.3 is 10.4 Å². The van der Waals surface area contributed by atoms with Crippen molar-refractivity contribution in [1.29, 1.82) is 0 Å². The van der Waals surface area contributed by atoms with Crippen LogP contribution in [0.1, 0.15) is 48.3 Å². The van der Waals surface area contributed by atoms with Crippen molar-refractivity contribution in [2.24, 2.45) is 0 Å². The average Bonchev–Trinajstić information content (AvgIpc) is 3.10. The number of fused-ring (bicyclic) bond motifs is 2. The Kier molecular flexibility index (Phi) is 5.02. The highest BCUT2D eigenvalue weighted by atomic mass is 35.5. The Morgan fingerprint density at radius 1 is 0.903 bits per heavy atom. The Balaban J connectivity index is 1.50. The highest BCUT2D eigenvalue weighted by Gasteiger charge is 2.54. The number of carboxylic acids is 1. The van der Waals surface area contributed by atoms with E-state index in [1.165, 1.54) is 16.7 Å². The van der Waals surface area contributed by atoms with Crippen LogP contribution >= 0.6 is 11.6 Å². The zero-order valence-corrected chi connectivity index (χ0v) is 18.1. The number of hydrogen-bond donors (Lipinski definition) is 2. The summed E-state index contributed by atoms with van der Waals surface area (Å²) < 4.78 is 0. The molecule has 3 aromatic rings. The minimum Gasteiger partial charge on any atom is -0.480 e. The van der Waals surface area contributed by atoms with E-state index in [1.54, 1.807) is 12.1 Å². The van der Waals surface area contributed by atoms with Crippen molar-refractivity contribution in [3.05, 3.63) is 101 Å². The first-order valence-electron chi connectivity index (χ1n) is 10.9. The number of halogens is 1. The van der Waals surface area contributed by atoms with Crippen LogP contribution in [0.2, 0.25) is 5.02 Å². The van der Waals surface area contributed by atoms with Gasteiger partial charge in [0.1, 0.15) is 5.54 Å². The molecule has 0 saturated heterocycles. The van der Waals surface area contributed by atoms with Crippen molar-refractivity contribution >= 4 is 23.3 Å². The van der Waals surface area contributed by atoms with Gasteiger partial charge in [0.25, 0.3) is 0 Å². The number of benzene rings is 3. The number of carboxylic acid groups (broad SMARTS) is 1. The third-order valence-electron chi connectivity index (χ3n) is 7.46. The normalized spacial score (nSPS) is 27.1. The lowest BCUT2D eigenvalue weighted by Gasteiger charge is -2.47. The molecule has 0 radical (unpaired) electrons. The topological polar surface area (TPSA) is 49.3 Å². The Labute approximate surface area is 188 Å². The van der Waals surface area contributed by atoms with E-state index in [2.05, 4.69) is 59.9 Å². The second kappa shape index (κ2) is 7.72. The molecule has 2 aliphatic carbocycles. The molecule has 2 N–H and O–H groups in total. The molecule has 0 heterocycles. The zero-order chi connectivity index (χ0) is 21.5.